The molecule has 0 bridgehead atoms. The second-order valence-corrected chi connectivity index (χ2v) is 20.2. The molecule has 0 saturated carbocycles. The van der Waals surface area contributed by atoms with Crippen LogP contribution in [-0.4, -0.2) is 76.0 Å². The van der Waals surface area contributed by atoms with Crippen LogP contribution in [0.1, 0.15) is 78.5 Å². The number of hydrogen-bond donors (Lipinski definition) is 1. The maximum atomic E-state index is 13.9. The molecule has 1 aliphatic heterocycles. The van der Waals surface area contributed by atoms with Crippen molar-refractivity contribution in [3.63, 3.8) is 0 Å². The van der Waals surface area contributed by atoms with E-state index < -0.39 is 64.3 Å². The highest BCUT2D eigenvalue weighted by atomic mass is 32.2. The molecule has 1 unspecified atom stereocenters. The molecule has 1 aromatic heterocycles. The summed E-state index contributed by atoms with van der Waals surface area (Å²) in [5, 5.41) is 1.55. The number of aryl methyl sites for hydroxylation is 1. The van der Waals surface area contributed by atoms with Crippen LogP contribution in [0.5, 0.6) is 0 Å². The van der Waals surface area contributed by atoms with Crippen molar-refractivity contribution in [1.29, 1.82) is 0 Å². The Balaban J connectivity index is 1.90. The fourth-order valence-corrected chi connectivity index (χ4v) is 11.9. The zero-order valence-corrected chi connectivity index (χ0v) is 32.9. The molecule has 294 valence electrons. The molecule has 0 aliphatic carbocycles. The van der Waals surface area contributed by atoms with Crippen LogP contribution in [0.25, 0.3) is 0 Å². The van der Waals surface area contributed by atoms with E-state index in [1.54, 1.807) is 0 Å². The molecular weight excluding hydrogens is 734 g/mol. The van der Waals surface area contributed by atoms with Gasteiger partial charge in [0, 0.05) is 38.0 Å². The van der Waals surface area contributed by atoms with Crippen molar-refractivity contribution in [3.8, 4) is 0 Å². The number of aromatic nitrogens is 2. The van der Waals surface area contributed by atoms with Gasteiger partial charge in [-0.05, 0) is 35.2 Å². The SMILES string of the molecule is CCCCOC[C@@]1(CCO[Si](c2ccccc2)(c2ccccc2)C(C)(C)C)O[C@@H](n2cc(C)c(=O)[nH]c2=O)[C@H](OS(=O)(=O)C(F)(F)F)C1OCCCC. The van der Waals surface area contributed by atoms with Crippen molar-refractivity contribution in [2.45, 2.75) is 108 Å². The summed E-state index contributed by atoms with van der Waals surface area (Å²) in [5.41, 5.74) is -9.23. The highest BCUT2D eigenvalue weighted by molar-refractivity contribution is 7.87. The van der Waals surface area contributed by atoms with Gasteiger partial charge in [-0.15, -0.1) is 0 Å². The number of alkyl halides is 3. The number of aromatic amines is 1. The minimum Gasteiger partial charge on any atom is -0.407 e. The van der Waals surface area contributed by atoms with Gasteiger partial charge in [-0.2, -0.15) is 21.6 Å². The van der Waals surface area contributed by atoms with E-state index >= 15 is 0 Å². The summed E-state index contributed by atoms with van der Waals surface area (Å²) in [5.74, 6) is 0. The average Bonchev–Trinajstić information content (AvgIpc) is 3.38. The largest absolute Gasteiger partial charge is 0.523 e. The number of nitrogens with one attached hydrogen (secondary N) is 1. The third-order valence-corrected chi connectivity index (χ3v) is 15.5. The Labute approximate surface area is 310 Å². The molecule has 4 rings (SSSR count). The smallest absolute Gasteiger partial charge is 0.407 e. The van der Waals surface area contributed by atoms with Gasteiger partial charge < -0.3 is 18.6 Å². The first-order valence-electron chi connectivity index (χ1n) is 17.9. The summed E-state index contributed by atoms with van der Waals surface area (Å²) in [6.07, 6.45) is -1.71. The maximum Gasteiger partial charge on any atom is 0.523 e. The molecule has 3 aromatic rings. The standard InChI is InChI=1S/C37H51F3N2O9SSi/c1-7-9-22-47-26-36(21-24-49-53(35(4,5)6,28-17-13-11-14-18-28)29-19-15-12-16-20-29)31(48-23-10-8-2)30(51-52(45,46)37(38,39)40)33(50-36)42-25-27(3)32(43)41-34(42)44/h11-20,25,30-31,33H,7-10,21-24,26H2,1-6H3,(H,41,43,44)/t30-,31?,33-,36-/m1/s1. The van der Waals surface area contributed by atoms with Gasteiger partial charge >= 0.3 is 21.3 Å². The van der Waals surface area contributed by atoms with Crippen LogP contribution < -0.4 is 21.6 Å². The van der Waals surface area contributed by atoms with E-state index in [-0.39, 0.29) is 38.4 Å². The molecule has 1 aliphatic rings. The zero-order chi connectivity index (χ0) is 39.1. The normalized spacial score (nSPS) is 21.3. The molecule has 16 heteroatoms. The van der Waals surface area contributed by atoms with Crippen molar-refractivity contribution in [2.24, 2.45) is 0 Å². The highest BCUT2D eigenvalue weighted by Gasteiger charge is 2.62. The van der Waals surface area contributed by atoms with E-state index in [0.29, 0.717) is 19.3 Å². The minimum absolute atomic E-state index is 0.00893. The Bertz CT molecular complexity index is 1810. The predicted octanol–water partition coefficient (Wildman–Crippen LogP) is 5.32. The molecule has 1 N–H and O–H groups in total. The quantitative estimate of drug-likeness (QED) is 0.0788. The number of unbranched alkanes of at least 4 members (excludes halogenated alkanes) is 2. The number of hydrogen-bond acceptors (Lipinski definition) is 9. The van der Waals surface area contributed by atoms with E-state index in [0.717, 1.165) is 27.6 Å². The number of rotatable bonds is 18. The van der Waals surface area contributed by atoms with Crippen LogP contribution in [0.3, 0.4) is 0 Å². The topological polar surface area (TPSA) is 135 Å². The molecule has 0 amide bonds. The Kier molecular flexibility index (Phi) is 14.1. The lowest BCUT2D eigenvalue weighted by Crippen LogP contribution is -2.67. The van der Waals surface area contributed by atoms with Crippen molar-refractivity contribution >= 4 is 28.8 Å². The molecule has 0 radical (unpaired) electrons. The maximum absolute atomic E-state index is 13.9. The van der Waals surface area contributed by atoms with Crippen LogP contribution in [0.4, 0.5) is 13.2 Å². The van der Waals surface area contributed by atoms with Gasteiger partial charge in [0.1, 0.15) is 11.7 Å². The zero-order valence-electron chi connectivity index (χ0n) is 31.1. The second-order valence-electron chi connectivity index (χ2n) is 14.3. The minimum atomic E-state index is -6.24. The van der Waals surface area contributed by atoms with E-state index in [1.165, 1.54) is 6.92 Å². The van der Waals surface area contributed by atoms with Crippen molar-refractivity contribution in [2.75, 3.05) is 26.4 Å². The van der Waals surface area contributed by atoms with Crippen molar-refractivity contribution < 1.29 is 44.4 Å². The molecule has 1 saturated heterocycles. The third-order valence-electron chi connectivity index (χ3n) is 9.44. The van der Waals surface area contributed by atoms with E-state index in [1.807, 2.05) is 74.5 Å². The number of halogens is 3. The van der Waals surface area contributed by atoms with Crippen LogP contribution in [0.2, 0.25) is 5.04 Å². The van der Waals surface area contributed by atoms with Gasteiger partial charge in [0.05, 0.1) is 6.61 Å². The fraction of sp³-hybridized carbons (Fsp3) is 0.568. The lowest BCUT2D eigenvalue weighted by atomic mass is 9.92. The van der Waals surface area contributed by atoms with Crippen LogP contribution in [0, 0.1) is 6.92 Å². The monoisotopic (exact) mass is 784 g/mol. The molecule has 2 aromatic carbocycles. The van der Waals surface area contributed by atoms with E-state index in [2.05, 4.69) is 25.8 Å². The van der Waals surface area contributed by atoms with Gasteiger partial charge in [-0.1, -0.05) is 108 Å². The summed E-state index contributed by atoms with van der Waals surface area (Å²) >= 11 is 0. The van der Waals surface area contributed by atoms with E-state index in [9.17, 15) is 31.2 Å². The Morgan fingerprint density at radius 1 is 0.906 bits per heavy atom. The Hall–Kier alpha value is -3.12. The van der Waals surface area contributed by atoms with Gasteiger partial charge in [-0.3, -0.25) is 18.5 Å². The summed E-state index contributed by atoms with van der Waals surface area (Å²) in [7, 11) is -9.39. The molecule has 53 heavy (non-hydrogen) atoms. The van der Waals surface area contributed by atoms with Gasteiger partial charge in [-0.25, -0.2) is 4.79 Å². The summed E-state index contributed by atoms with van der Waals surface area (Å²) < 4.78 is 99.1. The van der Waals surface area contributed by atoms with E-state index in [4.69, 9.17) is 22.8 Å². The number of H-pyrrole nitrogens is 1. The first kappa shape index (κ1) is 42.6. The molecule has 4 atom stereocenters. The highest BCUT2D eigenvalue weighted by Crippen LogP contribution is 2.46. The summed E-state index contributed by atoms with van der Waals surface area (Å²) in [6, 6.07) is 19.7. The van der Waals surface area contributed by atoms with Crippen LogP contribution >= 0.6 is 0 Å². The van der Waals surface area contributed by atoms with Crippen LogP contribution in [-0.2, 0) is 32.9 Å². The summed E-state index contributed by atoms with van der Waals surface area (Å²) in [4.78, 5) is 27.7. The predicted molar refractivity (Wildman–Crippen MR) is 197 cm³/mol. The number of benzene rings is 2. The number of nitrogens with zero attached hydrogens (tertiary/aromatic N) is 1. The Morgan fingerprint density at radius 2 is 1.47 bits per heavy atom. The average molecular weight is 785 g/mol. The Morgan fingerprint density at radius 3 is 2.00 bits per heavy atom. The van der Waals surface area contributed by atoms with Gasteiger partial charge in [0.25, 0.3) is 13.9 Å². The first-order chi connectivity index (χ1) is 24.9. The third kappa shape index (κ3) is 9.40. The molecule has 0 spiro atoms. The summed E-state index contributed by atoms with van der Waals surface area (Å²) in [6.45, 7) is 11.5. The molecule has 11 nitrogen and oxygen atoms in total. The van der Waals surface area contributed by atoms with Gasteiger partial charge in [0.2, 0.25) is 0 Å². The van der Waals surface area contributed by atoms with Crippen molar-refractivity contribution in [1.82, 2.24) is 9.55 Å². The molecule has 1 fully saturated rings. The second kappa shape index (κ2) is 17.6. The fourth-order valence-electron chi connectivity index (χ4n) is 6.73. The van der Waals surface area contributed by atoms with Gasteiger partial charge in [0.15, 0.2) is 12.3 Å². The van der Waals surface area contributed by atoms with Crippen LogP contribution in [0.15, 0.2) is 76.4 Å². The first-order valence-corrected chi connectivity index (χ1v) is 21.2. The molecule has 2 heterocycles. The number of ether oxygens (including phenoxy) is 3. The molecular formula is C37H51F3N2O9SSi. The lowest BCUT2D eigenvalue weighted by molar-refractivity contribution is -0.159. The lowest BCUT2D eigenvalue weighted by Gasteiger charge is -2.44. The van der Waals surface area contributed by atoms with Crippen molar-refractivity contribution in [3.05, 3.63) is 93.3 Å².